The van der Waals surface area contributed by atoms with Crippen LogP contribution < -0.4 is 4.74 Å². The van der Waals surface area contributed by atoms with Gasteiger partial charge in [0.15, 0.2) is 10.8 Å². The summed E-state index contributed by atoms with van der Waals surface area (Å²) in [6.45, 7) is 8.95. The molecule has 1 saturated heterocycles. The van der Waals surface area contributed by atoms with Crippen molar-refractivity contribution in [3.63, 3.8) is 0 Å². The van der Waals surface area contributed by atoms with Gasteiger partial charge in [0.1, 0.15) is 5.75 Å². The lowest BCUT2D eigenvalue weighted by Gasteiger charge is -2.39. The number of benzene rings is 1. The zero-order valence-electron chi connectivity index (χ0n) is 20.1. The van der Waals surface area contributed by atoms with Crippen molar-refractivity contribution in [1.29, 1.82) is 0 Å². The summed E-state index contributed by atoms with van der Waals surface area (Å²) >= 11 is 1.68. The highest BCUT2D eigenvalue weighted by atomic mass is 32.1. The van der Waals surface area contributed by atoms with E-state index in [4.69, 9.17) is 9.72 Å². The summed E-state index contributed by atoms with van der Waals surface area (Å²) in [5.74, 6) is 2.39. The van der Waals surface area contributed by atoms with Crippen LogP contribution in [0.15, 0.2) is 43.0 Å². The standard InChI is InChI=1S/C26H28N6O2S/c1-16(2)12-31-13-19(11-28-31)18-4-5-21-22(10-18)34-9-6-23-24(21)29-26(35-23)25-27-7-8-32(25)20-14-30(15-20)17(3)33/h4-5,7-8,10-11,13,16,20H,6,9,12,14-15H2,1-3H3. The number of carbonyl (C=O) groups is 1. The molecule has 1 fully saturated rings. The number of thiazole rings is 1. The summed E-state index contributed by atoms with van der Waals surface area (Å²) in [6, 6.07) is 6.58. The SMILES string of the molecule is CC(=O)N1CC(n2ccnc2-c2nc3c(s2)CCOc2cc(-c4cnn(CC(C)C)c4)ccc2-3)C1. The van der Waals surface area contributed by atoms with Crippen molar-refractivity contribution in [2.24, 2.45) is 5.92 Å². The smallest absolute Gasteiger partial charge is 0.219 e. The number of aromatic nitrogens is 5. The lowest BCUT2D eigenvalue weighted by Crippen LogP contribution is -2.49. The fourth-order valence-corrected chi connectivity index (χ4v) is 5.80. The van der Waals surface area contributed by atoms with E-state index in [0.29, 0.717) is 12.5 Å². The lowest BCUT2D eigenvalue weighted by atomic mass is 10.0. The first-order valence-corrected chi connectivity index (χ1v) is 12.9. The van der Waals surface area contributed by atoms with E-state index in [9.17, 15) is 4.79 Å². The second-order valence-electron chi connectivity index (χ2n) is 9.68. The lowest BCUT2D eigenvalue weighted by molar-refractivity contribution is -0.134. The number of rotatable bonds is 5. The predicted octanol–water partition coefficient (Wildman–Crippen LogP) is 4.53. The van der Waals surface area contributed by atoms with Gasteiger partial charge in [0.2, 0.25) is 5.91 Å². The molecule has 0 aliphatic carbocycles. The van der Waals surface area contributed by atoms with Gasteiger partial charge in [-0.1, -0.05) is 19.9 Å². The average Bonchev–Trinajstić information content (AvgIpc) is 3.51. The van der Waals surface area contributed by atoms with Crippen molar-refractivity contribution >= 4 is 17.2 Å². The number of amides is 1. The average molecular weight is 489 g/mol. The highest BCUT2D eigenvalue weighted by Gasteiger charge is 2.32. The Balaban J connectivity index is 1.30. The molecule has 0 atom stereocenters. The van der Waals surface area contributed by atoms with E-state index < -0.39 is 0 Å². The van der Waals surface area contributed by atoms with Gasteiger partial charge in [-0.25, -0.2) is 9.97 Å². The van der Waals surface area contributed by atoms with E-state index >= 15 is 0 Å². The molecule has 1 amide bonds. The molecular weight excluding hydrogens is 460 g/mol. The Morgan fingerprint density at radius 2 is 2.11 bits per heavy atom. The molecule has 0 bridgehead atoms. The summed E-state index contributed by atoms with van der Waals surface area (Å²) in [4.78, 5) is 24.3. The minimum Gasteiger partial charge on any atom is -0.492 e. The second-order valence-corrected chi connectivity index (χ2v) is 10.8. The largest absolute Gasteiger partial charge is 0.492 e. The van der Waals surface area contributed by atoms with Crippen molar-refractivity contribution in [3.05, 3.63) is 47.9 Å². The number of likely N-dealkylation sites (tertiary alicyclic amines) is 1. The van der Waals surface area contributed by atoms with Gasteiger partial charge in [0.05, 0.1) is 24.5 Å². The normalized spacial score (nSPS) is 15.4. The zero-order valence-corrected chi connectivity index (χ0v) is 21.0. The molecule has 1 aromatic carbocycles. The van der Waals surface area contributed by atoms with Crippen molar-refractivity contribution in [1.82, 2.24) is 29.2 Å². The maximum absolute atomic E-state index is 11.6. The van der Waals surface area contributed by atoms with Gasteiger partial charge in [-0.05, 0) is 23.6 Å². The molecule has 2 aliphatic heterocycles. The number of imidazole rings is 1. The van der Waals surface area contributed by atoms with Crippen LogP contribution in [-0.4, -0.2) is 54.8 Å². The van der Waals surface area contributed by atoms with Crippen molar-refractivity contribution in [2.75, 3.05) is 19.7 Å². The van der Waals surface area contributed by atoms with Crippen LogP contribution in [0.3, 0.4) is 0 Å². The molecule has 3 aromatic heterocycles. The van der Waals surface area contributed by atoms with Gasteiger partial charge in [-0.2, -0.15) is 5.10 Å². The topological polar surface area (TPSA) is 78.1 Å². The van der Waals surface area contributed by atoms with E-state index in [-0.39, 0.29) is 11.9 Å². The third-order valence-electron chi connectivity index (χ3n) is 6.60. The Kier molecular flexibility index (Phi) is 5.44. The number of hydrogen-bond donors (Lipinski definition) is 0. The molecule has 35 heavy (non-hydrogen) atoms. The predicted molar refractivity (Wildman–Crippen MR) is 135 cm³/mol. The fraction of sp³-hybridized carbons (Fsp3) is 0.385. The molecule has 180 valence electrons. The summed E-state index contributed by atoms with van der Waals surface area (Å²) in [5, 5.41) is 5.42. The minimum atomic E-state index is 0.118. The number of nitrogens with zero attached hydrogens (tertiary/aromatic N) is 6. The fourth-order valence-electron chi connectivity index (χ4n) is 4.75. The monoisotopic (exact) mass is 488 g/mol. The molecule has 8 nitrogen and oxygen atoms in total. The van der Waals surface area contributed by atoms with Crippen molar-refractivity contribution in [2.45, 2.75) is 39.8 Å². The van der Waals surface area contributed by atoms with Crippen LogP contribution in [0.2, 0.25) is 0 Å². The Labute approximate surface area is 208 Å². The van der Waals surface area contributed by atoms with Gasteiger partial charge >= 0.3 is 0 Å². The van der Waals surface area contributed by atoms with Crippen LogP contribution in [0.25, 0.3) is 33.2 Å². The molecular formula is C26H28N6O2S. The molecule has 0 radical (unpaired) electrons. The minimum absolute atomic E-state index is 0.118. The summed E-state index contributed by atoms with van der Waals surface area (Å²) < 4.78 is 10.3. The highest BCUT2D eigenvalue weighted by molar-refractivity contribution is 7.15. The van der Waals surface area contributed by atoms with Crippen LogP contribution in [0.4, 0.5) is 0 Å². The first kappa shape index (κ1) is 22.0. The van der Waals surface area contributed by atoms with Gasteiger partial charge in [0.25, 0.3) is 0 Å². The Bertz CT molecular complexity index is 1390. The Hall–Kier alpha value is -3.46. The molecule has 0 unspecified atom stereocenters. The van der Waals surface area contributed by atoms with Gasteiger partial charge in [-0.15, -0.1) is 11.3 Å². The quantitative estimate of drug-likeness (QED) is 0.412. The van der Waals surface area contributed by atoms with E-state index in [2.05, 4.69) is 52.9 Å². The van der Waals surface area contributed by atoms with Gasteiger partial charge in [-0.3, -0.25) is 9.48 Å². The van der Waals surface area contributed by atoms with Crippen molar-refractivity contribution in [3.8, 4) is 39.0 Å². The molecule has 0 saturated carbocycles. The Morgan fingerprint density at radius 1 is 1.26 bits per heavy atom. The molecule has 4 aromatic rings. The second kappa shape index (κ2) is 8.64. The molecule has 9 heteroatoms. The van der Waals surface area contributed by atoms with Crippen molar-refractivity contribution < 1.29 is 9.53 Å². The van der Waals surface area contributed by atoms with Gasteiger partial charge in [0, 0.05) is 67.6 Å². The molecule has 6 rings (SSSR count). The van der Waals surface area contributed by atoms with E-state index in [1.54, 1.807) is 18.3 Å². The number of carbonyl (C=O) groups excluding carboxylic acids is 1. The molecule has 5 heterocycles. The van der Waals surface area contributed by atoms with Gasteiger partial charge < -0.3 is 14.2 Å². The molecule has 0 spiro atoms. The summed E-state index contributed by atoms with van der Waals surface area (Å²) in [6.07, 6.45) is 8.64. The third kappa shape index (κ3) is 4.03. The summed E-state index contributed by atoms with van der Waals surface area (Å²) in [5.41, 5.74) is 4.17. The summed E-state index contributed by atoms with van der Waals surface area (Å²) in [7, 11) is 0. The van der Waals surface area contributed by atoms with Crippen LogP contribution in [-0.2, 0) is 17.8 Å². The molecule has 2 aliphatic rings. The van der Waals surface area contributed by atoms with E-state index in [1.807, 2.05) is 28.2 Å². The maximum atomic E-state index is 11.6. The van der Waals surface area contributed by atoms with E-state index in [0.717, 1.165) is 65.0 Å². The van der Waals surface area contributed by atoms with Crippen LogP contribution >= 0.6 is 11.3 Å². The Morgan fingerprint density at radius 3 is 2.91 bits per heavy atom. The molecule has 0 N–H and O–H groups in total. The number of ether oxygens (including phenoxy) is 1. The first-order chi connectivity index (χ1) is 17.0. The highest BCUT2D eigenvalue weighted by Crippen LogP contribution is 2.42. The van der Waals surface area contributed by atoms with Crippen LogP contribution in [0.1, 0.15) is 31.7 Å². The maximum Gasteiger partial charge on any atom is 0.219 e. The van der Waals surface area contributed by atoms with Crippen LogP contribution in [0.5, 0.6) is 5.75 Å². The zero-order chi connectivity index (χ0) is 24.1. The van der Waals surface area contributed by atoms with Crippen LogP contribution in [0, 0.1) is 5.92 Å². The number of fused-ring (bicyclic) bond motifs is 3. The van der Waals surface area contributed by atoms with E-state index in [1.165, 1.54) is 4.88 Å². The first-order valence-electron chi connectivity index (χ1n) is 12.0. The number of hydrogen-bond acceptors (Lipinski definition) is 6. The third-order valence-corrected chi connectivity index (χ3v) is 7.71.